The van der Waals surface area contributed by atoms with Gasteiger partial charge in [-0.1, -0.05) is 0 Å². The largest absolute Gasteiger partial charge is 0.756 e. The third-order valence-electron chi connectivity index (χ3n) is 1.05. The first-order valence-corrected chi connectivity index (χ1v) is 6.24. The second-order valence-corrected chi connectivity index (χ2v) is 4.52. The fraction of sp³-hybridized carbons (Fsp3) is 1.00. The fourth-order valence-corrected chi connectivity index (χ4v) is 1.90. The molecule has 0 N–H and O–H groups in total. The molecule has 0 aliphatic rings. The van der Waals surface area contributed by atoms with Crippen LogP contribution < -0.4 is 4.89 Å². The van der Waals surface area contributed by atoms with E-state index in [1.54, 1.807) is 0 Å². The Hall–Kier alpha value is 0.690. The molecule has 0 spiro atoms. The molecular formula is C6H12Cl2O4P-. The Morgan fingerprint density at radius 3 is 1.77 bits per heavy atom. The van der Waals surface area contributed by atoms with Crippen LogP contribution in [0, 0.1) is 0 Å². The Kier molecular flexibility index (Phi) is 6.56. The van der Waals surface area contributed by atoms with Crippen molar-refractivity contribution in [2.75, 3.05) is 11.8 Å². The monoisotopic (exact) mass is 249 g/mol. The summed E-state index contributed by atoms with van der Waals surface area (Å²) in [6.45, 7) is 3.07. The van der Waals surface area contributed by atoms with E-state index in [2.05, 4.69) is 9.05 Å². The zero-order chi connectivity index (χ0) is 10.5. The summed E-state index contributed by atoms with van der Waals surface area (Å²) < 4.78 is 20.1. The van der Waals surface area contributed by atoms with Crippen LogP contribution in [0.15, 0.2) is 0 Å². The lowest BCUT2D eigenvalue weighted by Gasteiger charge is -2.27. The molecule has 80 valence electrons. The molecule has 0 saturated heterocycles. The Labute approximate surface area is 87.7 Å². The van der Waals surface area contributed by atoms with Gasteiger partial charge in [-0.15, -0.1) is 23.2 Å². The smallest absolute Gasteiger partial charge is 0.268 e. The molecule has 4 nitrogen and oxygen atoms in total. The van der Waals surface area contributed by atoms with Gasteiger partial charge in [-0.2, -0.15) is 0 Å². The Morgan fingerprint density at radius 2 is 1.54 bits per heavy atom. The average Bonchev–Trinajstić information content (AvgIpc) is 2.02. The number of halogens is 2. The molecule has 0 aromatic carbocycles. The highest BCUT2D eigenvalue weighted by Crippen LogP contribution is 2.41. The number of alkyl halides is 2. The molecule has 0 fully saturated rings. The maximum atomic E-state index is 11.0. The lowest BCUT2D eigenvalue weighted by molar-refractivity contribution is -0.231. The predicted molar refractivity (Wildman–Crippen MR) is 50.1 cm³/mol. The Morgan fingerprint density at radius 1 is 1.23 bits per heavy atom. The summed E-state index contributed by atoms with van der Waals surface area (Å²) in [5.74, 6) is 0.176. The van der Waals surface area contributed by atoms with Crippen molar-refractivity contribution in [2.45, 2.75) is 26.1 Å². The van der Waals surface area contributed by atoms with Crippen molar-refractivity contribution in [1.82, 2.24) is 0 Å². The summed E-state index contributed by atoms with van der Waals surface area (Å²) in [6.07, 6.45) is -1.18. The summed E-state index contributed by atoms with van der Waals surface area (Å²) in [5.41, 5.74) is 0. The molecule has 0 aromatic heterocycles. The maximum absolute atomic E-state index is 11.0. The summed E-state index contributed by atoms with van der Waals surface area (Å²) in [7, 11) is -4.26. The third-order valence-corrected chi connectivity index (χ3v) is 3.16. The van der Waals surface area contributed by atoms with Gasteiger partial charge >= 0.3 is 0 Å². The minimum Gasteiger partial charge on any atom is -0.756 e. The number of hydrogen-bond donors (Lipinski definition) is 0. The molecular weight excluding hydrogens is 238 g/mol. The van der Waals surface area contributed by atoms with Gasteiger partial charge in [0.05, 0.1) is 12.2 Å². The molecule has 0 amide bonds. The van der Waals surface area contributed by atoms with Crippen LogP contribution in [0.5, 0.6) is 0 Å². The van der Waals surface area contributed by atoms with Crippen molar-refractivity contribution < 1.29 is 18.5 Å². The first kappa shape index (κ1) is 13.7. The first-order valence-electron chi connectivity index (χ1n) is 3.71. The van der Waals surface area contributed by atoms with Crippen molar-refractivity contribution in [1.29, 1.82) is 0 Å². The highest BCUT2D eigenvalue weighted by Gasteiger charge is 2.16. The van der Waals surface area contributed by atoms with E-state index in [1.807, 2.05) is 0 Å². The van der Waals surface area contributed by atoms with Gasteiger partial charge in [0, 0.05) is 11.8 Å². The number of rotatable bonds is 6. The van der Waals surface area contributed by atoms with E-state index in [-0.39, 0.29) is 11.8 Å². The topological polar surface area (TPSA) is 58.6 Å². The maximum Gasteiger partial charge on any atom is 0.268 e. The van der Waals surface area contributed by atoms with Crippen LogP contribution in [-0.2, 0) is 13.6 Å². The quantitative estimate of drug-likeness (QED) is 0.532. The zero-order valence-electron chi connectivity index (χ0n) is 7.41. The molecule has 0 radical (unpaired) electrons. The third kappa shape index (κ3) is 6.72. The number of hydrogen-bond acceptors (Lipinski definition) is 4. The second-order valence-electron chi connectivity index (χ2n) is 2.59. The van der Waals surface area contributed by atoms with Crippen LogP contribution in [0.2, 0.25) is 0 Å². The summed E-state index contributed by atoms with van der Waals surface area (Å²) in [5, 5.41) is 0. The molecule has 0 heterocycles. The number of phosphoric acid groups is 1. The Balaban J connectivity index is 4.00. The molecule has 0 aromatic rings. The molecule has 7 heteroatoms. The van der Waals surface area contributed by atoms with Crippen LogP contribution in [-0.4, -0.2) is 24.0 Å². The van der Waals surface area contributed by atoms with Crippen LogP contribution in [0.3, 0.4) is 0 Å². The molecule has 2 atom stereocenters. The van der Waals surface area contributed by atoms with Crippen molar-refractivity contribution in [3.8, 4) is 0 Å². The number of phosphoric ester groups is 1. The van der Waals surface area contributed by atoms with Gasteiger partial charge in [0.25, 0.3) is 7.82 Å². The van der Waals surface area contributed by atoms with Gasteiger partial charge in [-0.3, -0.25) is 4.57 Å². The van der Waals surface area contributed by atoms with Gasteiger partial charge in [0.2, 0.25) is 0 Å². The minimum atomic E-state index is -4.26. The van der Waals surface area contributed by atoms with E-state index in [0.29, 0.717) is 0 Å². The van der Waals surface area contributed by atoms with Crippen molar-refractivity contribution >= 4 is 31.0 Å². The van der Waals surface area contributed by atoms with Crippen LogP contribution in [0.25, 0.3) is 0 Å². The molecule has 0 rings (SSSR count). The minimum absolute atomic E-state index is 0.0881. The van der Waals surface area contributed by atoms with Gasteiger partial charge in [0.15, 0.2) is 0 Å². The highest BCUT2D eigenvalue weighted by molar-refractivity contribution is 7.45. The lowest BCUT2D eigenvalue weighted by Crippen LogP contribution is -2.20. The average molecular weight is 250 g/mol. The summed E-state index contributed by atoms with van der Waals surface area (Å²) >= 11 is 10.7. The van der Waals surface area contributed by atoms with E-state index in [4.69, 9.17) is 23.2 Å². The molecule has 0 bridgehead atoms. The van der Waals surface area contributed by atoms with E-state index in [1.165, 1.54) is 13.8 Å². The van der Waals surface area contributed by atoms with Crippen molar-refractivity contribution in [2.24, 2.45) is 0 Å². The second kappa shape index (κ2) is 6.23. The molecule has 0 aliphatic heterocycles. The predicted octanol–water partition coefficient (Wildman–Crippen LogP) is 1.74. The van der Waals surface area contributed by atoms with Gasteiger partial charge in [0.1, 0.15) is 0 Å². The SMILES string of the molecule is CC(CCl)OP(=O)([O-])OC(C)CCl. The molecule has 0 aliphatic carbocycles. The molecule has 2 unspecified atom stereocenters. The van der Waals surface area contributed by atoms with Crippen LogP contribution in [0.1, 0.15) is 13.8 Å². The van der Waals surface area contributed by atoms with Crippen molar-refractivity contribution in [3.63, 3.8) is 0 Å². The van der Waals surface area contributed by atoms with Gasteiger partial charge in [-0.25, -0.2) is 0 Å². The van der Waals surface area contributed by atoms with Gasteiger partial charge < -0.3 is 13.9 Å². The lowest BCUT2D eigenvalue weighted by atomic mass is 10.5. The molecule has 13 heavy (non-hydrogen) atoms. The summed E-state index contributed by atoms with van der Waals surface area (Å²) in [4.78, 5) is 11.0. The van der Waals surface area contributed by atoms with E-state index >= 15 is 0 Å². The van der Waals surface area contributed by atoms with E-state index in [0.717, 1.165) is 0 Å². The summed E-state index contributed by atoms with van der Waals surface area (Å²) in [6, 6.07) is 0. The normalized spacial score (nSPS) is 20.7. The molecule has 0 saturated carbocycles. The van der Waals surface area contributed by atoms with E-state index < -0.39 is 20.0 Å². The fourth-order valence-electron chi connectivity index (χ4n) is 0.522. The Bertz CT molecular complexity index is 173. The van der Waals surface area contributed by atoms with Gasteiger partial charge in [-0.05, 0) is 13.8 Å². The standard InChI is InChI=1S/C6H13Cl2O4P/c1-5(3-7)11-13(9,10)12-6(2)4-8/h5-6H,3-4H2,1-2H3,(H,9,10)/p-1. The zero-order valence-corrected chi connectivity index (χ0v) is 9.81. The first-order chi connectivity index (χ1) is 5.91. The highest BCUT2D eigenvalue weighted by atomic mass is 35.5. The van der Waals surface area contributed by atoms with Crippen LogP contribution in [0.4, 0.5) is 0 Å². The van der Waals surface area contributed by atoms with Crippen molar-refractivity contribution in [3.05, 3.63) is 0 Å². The van der Waals surface area contributed by atoms with E-state index in [9.17, 15) is 9.46 Å². The van der Waals surface area contributed by atoms with Crippen LogP contribution >= 0.6 is 31.0 Å².